The van der Waals surface area contributed by atoms with Gasteiger partial charge in [0.05, 0.1) is 6.54 Å². The Labute approximate surface area is 112 Å². The Morgan fingerprint density at radius 3 is 3.11 bits per heavy atom. The van der Waals surface area contributed by atoms with Gasteiger partial charge < -0.3 is 9.63 Å². The Bertz CT molecular complexity index is 419. The SMILES string of the molecule is CCCCc1nc(CN2CCCCC2C(=O)O)no1. The highest BCUT2D eigenvalue weighted by Gasteiger charge is 2.29. The van der Waals surface area contributed by atoms with Crippen LogP contribution in [-0.2, 0) is 17.8 Å². The van der Waals surface area contributed by atoms with E-state index in [2.05, 4.69) is 17.1 Å². The third-order valence-electron chi connectivity index (χ3n) is 3.50. The van der Waals surface area contributed by atoms with Gasteiger partial charge in [-0.05, 0) is 25.8 Å². The molecule has 1 N–H and O–H groups in total. The van der Waals surface area contributed by atoms with Crippen LogP contribution in [0.4, 0.5) is 0 Å². The number of carboxylic acids is 1. The lowest BCUT2D eigenvalue weighted by atomic mass is 10.0. The topological polar surface area (TPSA) is 79.5 Å². The summed E-state index contributed by atoms with van der Waals surface area (Å²) in [7, 11) is 0. The minimum atomic E-state index is -0.755. The van der Waals surface area contributed by atoms with E-state index in [-0.39, 0.29) is 0 Å². The zero-order chi connectivity index (χ0) is 13.7. The highest BCUT2D eigenvalue weighted by Crippen LogP contribution is 2.19. The smallest absolute Gasteiger partial charge is 0.320 e. The molecule has 1 aromatic heterocycles. The fraction of sp³-hybridized carbons (Fsp3) is 0.769. The Morgan fingerprint density at radius 1 is 1.53 bits per heavy atom. The molecule has 1 unspecified atom stereocenters. The summed E-state index contributed by atoms with van der Waals surface area (Å²) >= 11 is 0. The van der Waals surface area contributed by atoms with Crippen LogP contribution in [0.3, 0.4) is 0 Å². The molecule has 1 aliphatic rings. The first-order chi connectivity index (χ1) is 9.20. The van der Waals surface area contributed by atoms with E-state index >= 15 is 0 Å². The summed E-state index contributed by atoms with van der Waals surface area (Å²) in [6.45, 7) is 3.37. The van der Waals surface area contributed by atoms with Crippen LogP contribution in [0.2, 0.25) is 0 Å². The molecule has 2 heterocycles. The maximum atomic E-state index is 11.2. The first-order valence-corrected chi connectivity index (χ1v) is 6.99. The number of aromatic nitrogens is 2. The van der Waals surface area contributed by atoms with Gasteiger partial charge in [-0.25, -0.2) is 0 Å². The fourth-order valence-corrected chi connectivity index (χ4v) is 2.43. The summed E-state index contributed by atoms with van der Waals surface area (Å²) in [6, 6.07) is -0.411. The number of hydrogen-bond donors (Lipinski definition) is 1. The van der Waals surface area contributed by atoms with Crippen molar-refractivity contribution in [3.8, 4) is 0 Å². The molecule has 0 aromatic carbocycles. The van der Waals surface area contributed by atoms with Crippen molar-refractivity contribution in [3.05, 3.63) is 11.7 Å². The Kier molecular flexibility index (Phi) is 4.90. The van der Waals surface area contributed by atoms with Gasteiger partial charge in [0.25, 0.3) is 0 Å². The van der Waals surface area contributed by atoms with Crippen molar-refractivity contribution in [1.29, 1.82) is 0 Å². The summed E-state index contributed by atoms with van der Waals surface area (Å²) in [4.78, 5) is 17.4. The molecule has 0 aliphatic carbocycles. The molecule has 0 saturated carbocycles. The highest BCUT2D eigenvalue weighted by atomic mass is 16.5. The molecule has 2 rings (SSSR count). The van der Waals surface area contributed by atoms with Gasteiger partial charge in [-0.2, -0.15) is 4.98 Å². The van der Waals surface area contributed by atoms with Crippen LogP contribution < -0.4 is 0 Å². The van der Waals surface area contributed by atoms with Gasteiger partial charge in [0, 0.05) is 6.42 Å². The lowest BCUT2D eigenvalue weighted by molar-refractivity contribution is -0.144. The first kappa shape index (κ1) is 14.0. The van der Waals surface area contributed by atoms with Crippen molar-refractivity contribution in [3.63, 3.8) is 0 Å². The minimum Gasteiger partial charge on any atom is -0.480 e. The normalized spacial score (nSPS) is 20.6. The molecule has 1 atom stereocenters. The number of carboxylic acid groups (broad SMARTS) is 1. The molecule has 1 aliphatic heterocycles. The number of rotatable bonds is 6. The zero-order valence-electron chi connectivity index (χ0n) is 11.3. The minimum absolute atomic E-state index is 0.411. The number of aliphatic carboxylic acids is 1. The Balaban J connectivity index is 1.94. The van der Waals surface area contributed by atoms with Gasteiger partial charge in [-0.15, -0.1) is 0 Å². The van der Waals surface area contributed by atoms with Gasteiger partial charge in [0.2, 0.25) is 5.89 Å². The van der Waals surface area contributed by atoms with Gasteiger partial charge in [-0.1, -0.05) is 24.9 Å². The second-order valence-corrected chi connectivity index (χ2v) is 5.03. The maximum absolute atomic E-state index is 11.2. The quantitative estimate of drug-likeness (QED) is 0.847. The van der Waals surface area contributed by atoms with E-state index in [1.165, 1.54) is 0 Å². The van der Waals surface area contributed by atoms with Gasteiger partial charge in [0.15, 0.2) is 5.82 Å². The number of piperidine rings is 1. The van der Waals surface area contributed by atoms with Crippen LogP contribution in [0.25, 0.3) is 0 Å². The number of aryl methyl sites for hydroxylation is 1. The second kappa shape index (κ2) is 6.65. The van der Waals surface area contributed by atoms with Crippen molar-refractivity contribution < 1.29 is 14.4 Å². The number of hydrogen-bond acceptors (Lipinski definition) is 5. The molecule has 106 valence electrons. The molecular formula is C13H21N3O3. The van der Waals surface area contributed by atoms with Crippen LogP contribution in [0.1, 0.15) is 50.7 Å². The first-order valence-electron chi connectivity index (χ1n) is 6.99. The highest BCUT2D eigenvalue weighted by molar-refractivity contribution is 5.73. The summed E-state index contributed by atoms with van der Waals surface area (Å²) in [5.74, 6) is 0.495. The molecule has 19 heavy (non-hydrogen) atoms. The lowest BCUT2D eigenvalue weighted by Crippen LogP contribution is -2.44. The van der Waals surface area contributed by atoms with Crippen LogP contribution in [0, 0.1) is 0 Å². The van der Waals surface area contributed by atoms with Crippen molar-refractivity contribution in [2.24, 2.45) is 0 Å². The Morgan fingerprint density at radius 2 is 2.37 bits per heavy atom. The largest absolute Gasteiger partial charge is 0.480 e. The van der Waals surface area contributed by atoms with Gasteiger partial charge in [0.1, 0.15) is 6.04 Å². The van der Waals surface area contributed by atoms with Crippen molar-refractivity contribution >= 4 is 5.97 Å². The summed E-state index contributed by atoms with van der Waals surface area (Å²) < 4.78 is 5.17. The van der Waals surface area contributed by atoms with Crippen LogP contribution in [0.15, 0.2) is 4.52 Å². The predicted octanol–water partition coefficient (Wildman–Crippen LogP) is 1.85. The van der Waals surface area contributed by atoms with Crippen LogP contribution in [0.5, 0.6) is 0 Å². The number of unbranched alkanes of at least 4 members (excludes halogenated alkanes) is 1. The molecule has 6 heteroatoms. The average molecular weight is 267 g/mol. The maximum Gasteiger partial charge on any atom is 0.320 e. The van der Waals surface area contributed by atoms with Crippen LogP contribution >= 0.6 is 0 Å². The monoisotopic (exact) mass is 267 g/mol. The molecule has 1 fully saturated rings. The molecule has 0 bridgehead atoms. The fourth-order valence-electron chi connectivity index (χ4n) is 2.43. The van der Waals surface area contributed by atoms with Gasteiger partial charge >= 0.3 is 5.97 Å². The summed E-state index contributed by atoms with van der Waals surface area (Å²) in [5, 5.41) is 13.1. The van der Waals surface area contributed by atoms with Crippen LogP contribution in [-0.4, -0.2) is 38.7 Å². The van der Waals surface area contributed by atoms with Gasteiger partial charge in [-0.3, -0.25) is 9.69 Å². The molecular weight excluding hydrogens is 246 g/mol. The number of nitrogens with zero attached hydrogens (tertiary/aromatic N) is 3. The van der Waals surface area contributed by atoms with E-state index in [4.69, 9.17) is 4.52 Å². The second-order valence-electron chi connectivity index (χ2n) is 5.03. The summed E-state index contributed by atoms with van der Waals surface area (Å²) in [5.41, 5.74) is 0. The average Bonchev–Trinajstić information content (AvgIpc) is 2.84. The molecule has 0 radical (unpaired) electrons. The standard InChI is InChI=1S/C13H21N3O3/c1-2-3-7-12-14-11(15-19-12)9-16-8-5-4-6-10(16)13(17)18/h10H,2-9H2,1H3,(H,17,18). The third-order valence-corrected chi connectivity index (χ3v) is 3.50. The molecule has 0 amide bonds. The third kappa shape index (κ3) is 3.76. The van der Waals surface area contributed by atoms with E-state index in [0.29, 0.717) is 24.7 Å². The van der Waals surface area contributed by atoms with E-state index in [9.17, 15) is 9.90 Å². The van der Waals surface area contributed by atoms with Crippen molar-refractivity contribution in [2.75, 3.05) is 6.54 Å². The summed E-state index contributed by atoms with van der Waals surface area (Å²) in [6.07, 6.45) is 5.63. The molecule has 1 saturated heterocycles. The van der Waals surface area contributed by atoms with E-state index in [1.807, 2.05) is 4.90 Å². The number of likely N-dealkylation sites (tertiary alicyclic amines) is 1. The molecule has 6 nitrogen and oxygen atoms in total. The predicted molar refractivity (Wildman–Crippen MR) is 68.6 cm³/mol. The van der Waals surface area contributed by atoms with E-state index < -0.39 is 12.0 Å². The zero-order valence-corrected chi connectivity index (χ0v) is 11.3. The van der Waals surface area contributed by atoms with E-state index in [1.54, 1.807) is 0 Å². The Hall–Kier alpha value is -1.43. The molecule has 1 aromatic rings. The van der Waals surface area contributed by atoms with Crippen molar-refractivity contribution in [2.45, 2.75) is 58.0 Å². The molecule has 0 spiro atoms. The lowest BCUT2D eigenvalue weighted by Gasteiger charge is -2.31. The van der Waals surface area contributed by atoms with Crippen molar-refractivity contribution in [1.82, 2.24) is 15.0 Å². The van der Waals surface area contributed by atoms with E-state index in [0.717, 1.165) is 38.6 Å². The number of carbonyl (C=O) groups is 1.